The fraction of sp³-hybridized carbons (Fsp3) is 0.250. The summed E-state index contributed by atoms with van der Waals surface area (Å²) in [6.07, 6.45) is 0. The van der Waals surface area contributed by atoms with E-state index in [4.69, 9.17) is 9.52 Å². The third-order valence-corrected chi connectivity index (χ3v) is 3.22. The standard InChI is InChI=1S/C12H12N2O3S/c1-7-4-3-5-9(6-7)10-13-14-12(17-10)18-8(2)11(15)16/h3-6,8H,1-2H3,(H,15,16). The number of hydrogen-bond acceptors (Lipinski definition) is 5. The Morgan fingerprint density at radius 1 is 1.44 bits per heavy atom. The number of rotatable bonds is 4. The lowest BCUT2D eigenvalue weighted by atomic mass is 10.1. The van der Waals surface area contributed by atoms with Crippen molar-refractivity contribution in [3.05, 3.63) is 29.8 Å². The minimum absolute atomic E-state index is 0.265. The summed E-state index contributed by atoms with van der Waals surface area (Å²) in [7, 11) is 0. The van der Waals surface area contributed by atoms with E-state index in [1.807, 2.05) is 31.2 Å². The topological polar surface area (TPSA) is 76.2 Å². The van der Waals surface area contributed by atoms with Crippen molar-refractivity contribution in [2.45, 2.75) is 24.3 Å². The Labute approximate surface area is 108 Å². The highest BCUT2D eigenvalue weighted by Gasteiger charge is 2.17. The SMILES string of the molecule is Cc1cccc(-c2nnc(SC(C)C(=O)O)o2)c1. The molecule has 0 spiro atoms. The second kappa shape index (κ2) is 5.22. The molecule has 2 aromatic rings. The fourth-order valence-electron chi connectivity index (χ4n) is 1.35. The molecule has 1 N–H and O–H groups in total. The van der Waals surface area contributed by atoms with Gasteiger partial charge in [0, 0.05) is 5.56 Å². The number of aryl methyl sites for hydroxylation is 1. The van der Waals surface area contributed by atoms with Gasteiger partial charge < -0.3 is 9.52 Å². The lowest BCUT2D eigenvalue weighted by molar-refractivity contribution is -0.136. The summed E-state index contributed by atoms with van der Waals surface area (Å²) in [6.45, 7) is 3.55. The lowest BCUT2D eigenvalue weighted by Crippen LogP contribution is -2.10. The summed E-state index contributed by atoms with van der Waals surface area (Å²) in [5.74, 6) is -0.505. The lowest BCUT2D eigenvalue weighted by Gasteiger charge is -2.00. The molecule has 0 amide bonds. The number of carbonyl (C=O) groups is 1. The number of carboxylic acids is 1. The maximum absolute atomic E-state index is 10.7. The monoisotopic (exact) mass is 264 g/mol. The van der Waals surface area contributed by atoms with E-state index in [1.165, 1.54) is 0 Å². The zero-order chi connectivity index (χ0) is 13.1. The summed E-state index contributed by atoms with van der Waals surface area (Å²) >= 11 is 1.03. The summed E-state index contributed by atoms with van der Waals surface area (Å²) in [5, 5.41) is 16.2. The van der Waals surface area contributed by atoms with Crippen molar-refractivity contribution >= 4 is 17.7 Å². The molecule has 0 aliphatic carbocycles. The molecule has 2 rings (SSSR count). The molecule has 0 aliphatic rings. The van der Waals surface area contributed by atoms with E-state index in [1.54, 1.807) is 6.92 Å². The molecule has 6 heteroatoms. The van der Waals surface area contributed by atoms with Crippen LogP contribution in [0.5, 0.6) is 0 Å². The highest BCUT2D eigenvalue weighted by molar-refractivity contribution is 8.00. The molecule has 0 radical (unpaired) electrons. The first-order valence-corrected chi connectivity index (χ1v) is 6.24. The number of thioether (sulfide) groups is 1. The van der Waals surface area contributed by atoms with Gasteiger partial charge in [0.1, 0.15) is 5.25 Å². The molecule has 0 bridgehead atoms. The van der Waals surface area contributed by atoms with Gasteiger partial charge in [0.15, 0.2) is 0 Å². The first-order valence-electron chi connectivity index (χ1n) is 5.36. The molecule has 0 aliphatic heterocycles. The van der Waals surface area contributed by atoms with Crippen molar-refractivity contribution in [2.24, 2.45) is 0 Å². The number of nitrogens with zero attached hydrogens (tertiary/aromatic N) is 2. The van der Waals surface area contributed by atoms with E-state index in [9.17, 15) is 4.79 Å². The summed E-state index contributed by atoms with van der Waals surface area (Å²) < 4.78 is 5.42. The Bertz CT molecular complexity index is 568. The highest BCUT2D eigenvalue weighted by atomic mass is 32.2. The van der Waals surface area contributed by atoms with Crippen LogP contribution in [0, 0.1) is 6.92 Å². The van der Waals surface area contributed by atoms with Gasteiger partial charge in [-0.2, -0.15) is 0 Å². The van der Waals surface area contributed by atoms with Gasteiger partial charge in [-0.1, -0.05) is 29.5 Å². The van der Waals surface area contributed by atoms with E-state index < -0.39 is 11.2 Å². The van der Waals surface area contributed by atoms with Crippen molar-refractivity contribution in [1.82, 2.24) is 10.2 Å². The molecule has 0 saturated heterocycles. The number of benzene rings is 1. The van der Waals surface area contributed by atoms with Crippen molar-refractivity contribution in [3.63, 3.8) is 0 Å². The van der Waals surface area contributed by atoms with E-state index in [2.05, 4.69) is 10.2 Å². The molecule has 1 heterocycles. The molecule has 94 valence electrons. The van der Waals surface area contributed by atoms with Crippen LogP contribution < -0.4 is 0 Å². The minimum atomic E-state index is -0.907. The zero-order valence-electron chi connectivity index (χ0n) is 9.95. The van der Waals surface area contributed by atoms with Crippen molar-refractivity contribution in [3.8, 4) is 11.5 Å². The van der Waals surface area contributed by atoms with Gasteiger partial charge in [0.05, 0.1) is 0 Å². The second-order valence-electron chi connectivity index (χ2n) is 3.84. The third-order valence-electron chi connectivity index (χ3n) is 2.30. The number of carboxylic acid groups (broad SMARTS) is 1. The quantitative estimate of drug-likeness (QED) is 0.855. The summed E-state index contributed by atoms with van der Waals surface area (Å²) in [6, 6.07) is 7.68. The average Bonchev–Trinajstić information content (AvgIpc) is 2.77. The number of hydrogen-bond donors (Lipinski definition) is 1. The molecule has 0 fully saturated rings. The predicted octanol–water partition coefficient (Wildman–Crippen LogP) is 2.61. The van der Waals surface area contributed by atoms with Crippen LogP contribution in [0.1, 0.15) is 12.5 Å². The Kier molecular flexibility index (Phi) is 3.66. The third kappa shape index (κ3) is 2.89. The molecular weight excluding hydrogens is 252 g/mol. The number of aliphatic carboxylic acids is 1. The molecule has 5 nitrogen and oxygen atoms in total. The fourth-order valence-corrected chi connectivity index (χ4v) is 1.97. The molecule has 0 saturated carbocycles. The van der Waals surface area contributed by atoms with Crippen molar-refractivity contribution < 1.29 is 14.3 Å². The van der Waals surface area contributed by atoms with Crippen molar-refractivity contribution in [2.75, 3.05) is 0 Å². The largest absolute Gasteiger partial charge is 0.480 e. The van der Waals surface area contributed by atoms with Gasteiger partial charge in [-0.05, 0) is 26.0 Å². The normalized spacial score (nSPS) is 12.3. The minimum Gasteiger partial charge on any atom is -0.480 e. The molecule has 1 unspecified atom stereocenters. The summed E-state index contributed by atoms with van der Waals surface area (Å²) in [4.78, 5) is 10.7. The Morgan fingerprint density at radius 2 is 2.22 bits per heavy atom. The Morgan fingerprint density at radius 3 is 2.89 bits per heavy atom. The second-order valence-corrected chi connectivity index (χ2v) is 5.13. The smallest absolute Gasteiger partial charge is 0.316 e. The van der Waals surface area contributed by atoms with Gasteiger partial charge in [-0.15, -0.1) is 10.2 Å². The zero-order valence-corrected chi connectivity index (χ0v) is 10.8. The van der Waals surface area contributed by atoms with Gasteiger partial charge >= 0.3 is 5.97 Å². The highest BCUT2D eigenvalue weighted by Crippen LogP contribution is 2.26. The first kappa shape index (κ1) is 12.6. The Hall–Kier alpha value is -1.82. The van der Waals surface area contributed by atoms with Crippen LogP contribution in [0.4, 0.5) is 0 Å². The number of aromatic nitrogens is 2. The van der Waals surface area contributed by atoms with E-state index in [0.29, 0.717) is 5.89 Å². The molecule has 1 aromatic carbocycles. The van der Waals surface area contributed by atoms with Gasteiger partial charge in [-0.25, -0.2) is 0 Å². The predicted molar refractivity (Wildman–Crippen MR) is 67.4 cm³/mol. The van der Waals surface area contributed by atoms with Crippen LogP contribution in [0.15, 0.2) is 33.9 Å². The molecular formula is C12H12N2O3S. The van der Waals surface area contributed by atoms with Gasteiger partial charge in [0.25, 0.3) is 5.22 Å². The molecule has 18 heavy (non-hydrogen) atoms. The molecule has 1 atom stereocenters. The van der Waals surface area contributed by atoms with E-state index >= 15 is 0 Å². The van der Waals surface area contributed by atoms with Crippen molar-refractivity contribution in [1.29, 1.82) is 0 Å². The van der Waals surface area contributed by atoms with Crippen LogP contribution >= 0.6 is 11.8 Å². The Balaban J connectivity index is 2.18. The van der Waals surface area contributed by atoms with Gasteiger partial charge in [0.2, 0.25) is 5.89 Å². The van der Waals surface area contributed by atoms with Crippen LogP contribution in [-0.4, -0.2) is 26.5 Å². The van der Waals surface area contributed by atoms with E-state index in [0.717, 1.165) is 22.9 Å². The van der Waals surface area contributed by atoms with Crippen LogP contribution in [0.25, 0.3) is 11.5 Å². The van der Waals surface area contributed by atoms with E-state index in [-0.39, 0.29) is 5.22 Å². The van der Waals surface area contributed by atoms with Gasteiger partial charge in [-0.3, -0.25) is 4.79 Å². The van der Waals surface area contributed by atoms with Crippen LogP contribution in [0.3, 0.4) is 0 Å². The van der Waals surface area contributed by atoms with Crippen LogP contribution in [0.2, 0.25) is 0 Å². The maximum Gasteiger partial charge on any atom is 0.316 e. The summed E-state index contributed by atoms with van der Waals surface area (Å²) in [5.41, 5.74) is 1.93. The maximum atomic E-state index is 10.7. The first-order chi connectivity index (χ1) is 8.56. The molecule has 1 aromatic heterocycles. The average molecular weight is 264 g/mol. The van der Waals surface area contributed by atoms with Crippen LogP contribution in [-0.2, 0) is 4.79 Å².